The van der Waals surface area contributed by atoms with Crippen LogP contribution in [0.15, 0.2) is 42.5 Å². The van der Waals surface area contributed by atoms with Crippen LogP contribution in [0.2, 0.25) is 0 Å². The average Bonchev–Trinajstić information content (AvgIpc) is 2.53. The Kier molecular flexibility index (Phi) is 3.52. The molecule has 0 radical (unpaired) electrons. The molecule has 0 aromatic heterocycles. The molecule has 0 saturated carbocycles. The number of anilines is 2. The Morgan fingerprint density at radius 1 is 1.19 bits per heavy atom. The molecule has 0 bridgehead atoms. The number of fused-ring (bicyclic) bond motifs is 1. The molecule has 4 nitrogen and oxygen atoms in total. The van der Waals surface area contributed by atoms with Gasteiger partial charge in [0.1, 0.15) is 12.4 Å². The number of nitrogens with two attached hydrogens (primary N) is 1. The van der Waals surface area contributed by atoms with Crippen molar-refractivity contribution in [3.63, 3.8) is 0 Å². The molecule has 21 heavy (non-hydrogen) atoms. The van der Waals surface area contributed by atoms with Gasteiger partial charge >= 0.3 is 0 Å². The summed E-state index contributed by atoms with van der Waals surface area (Å²) in [6, 6.07) is 12.6. The van der Waals surface area contributed by atoms with Gasteiger partial charge in [0.25, 0.3) is 0 Å². The molecular weight excluding hydrogens is 264 g/mol. The third-order valence-corrected chi connectivity index (χ3v) is 3.74. The first-order chi connectivity index (χ1) is 10.2. The van der Waals surface area contributed by atoms with Gasteiger partial charge in [-0.1, -0.05) is 0 Å². The van der Waals surface area contributed by atoms with E-state index >= 15 is 0 Å². The summed E-state index contributed by atoms with van der Waals surface area (Å²) in [6.07, 6.45) is 0. The van der Waals surface area contributed by atoms with E-state index in [9.17, 15) is 4.79 Å². The fraction of sp³-hybridized carbons (Fsp3) is 0.235. The van der Waals surface area contributed by atoms with Gasteiger partial charge in [0.2, 0.25) is 0 Å². The highest BCUT2D eigenvalue weighted by Gasteiger charge is 2.19. The summed E-state index contributed by atoms with van der Waals surface area (Å²) in [5.74, 6) is 0.763. The molecule has 1 aliphatic heterocycles. The van der Waals surface area contributed by atoms with Crippen molar-refractivity contribution in [1.29, 1.82) is 0 Å². The third kappa shape index (κ3) is 2.57. The van der Waals surface area contributed by atoms with Gasteiger partial charge in [-0.25, -0.2) is 0 Å². The molecule has 0 saturated heterocycles. The number of ketones is 1. The zero-order chi connectivity index (χ0) is 14.8. The molecule has 1 aliphatic rings. The number of nitrogens with zero attached hydrogens (tertiary/aromatic N) is 1. The Balaban J connectivity index is 1.93. The van der Waals surface area contributed by atoms with E-state index in [-0.39, 0.29) is 5.78 Å². The number of hydrogen-bond acceptors (Lipinski definition) is 4. The molecule has 0 atom stereocenters. The van der Waals surface area contributed by atoms with E-state index < -0.39 is 0 Å². The van der Waals surface area contributed by atoms with Crippen molar-refractivity contribution in [3.8, 4) is 5.75 Å². The lowest BCUT2D eigenvalue weighted by Gasteiger charge is -2.30. The van der Waals surface area contributed by atoms with Gasteiger partial charge in [-0.2, -0.15) is 0 Å². The van der Waals surface area contributed by atoms with Crippen molar-refractivity contribution in [1.82, 2.24) is 0 Å². The van der Waals surface area contributed by atoms with Gasteiger partial charge in [0.05, 0.1) is 12.2 Å². The first-order valence-corrected chi connectivity index (χ1v) is 7.11. The van der Waals surface area contributed by atoms with Crippen LogP contribution < -0.4 is 15.4 Å². The van der Waals surface area contributed by atoms with Crippen LogP contribution in [-0.2, 0) is 0 Å². The maximum absolute atomic E-state index is 12.5. The molecule has 108 valence electrons. The number of carbonyl (C=O) groups is 1. The van der Waals surface area contributed by atoms with Gasteiger partial charge in [-0.3, -0.25) is 4.79 Å². The zero-order valence-electron chi connectivity index (χ0n) is 12.0. The van der Waals surface area contributed by atoms with Gasteiger partial charge in [-0.05, 0) is 49.4 Å². The molecule has 2 N–H and O–H groups in total. The molecule has 0 aliphatic carbocycles. The Bertz CT molecular complexity index is 665. The molecule has 0 spiro atoms. The number of nitrogen functional groups attached to an aromatic ring is 1. The highest BCUT2D eigenvalue weighted by molar-refractivity contribution is 6.09. The first kappa shape index (κ1) is 13.5. The minimum Gasteiger partial charge on any atom is -0.490 e. The van der Waals surface area contributed by atoms with Crippen molar-refractivity contribution in [2.24, 2.45) is 0 Å². The second-order valence-electron chi connectivity index (χ2n) is 5.06. The molecule has 0 amide bonds. The van der Waals surface area contributed by atoms with Gasteiger partial charge in [0.15, 0.2) is 5.78 Å². The number of hydrogen-bond donors (Lipinski definition) is 1. The van der Waals surface area contributed by atoms with E-state index in [1.807, 2.05) is 18.2 Å². The summed E-state index contributed by atoms with van der Waals surface area (Å²) in [7, 11) is 0. The first-order valence-electron chi connectivity index (χ1n) is 7.11. The van der Waals surface area contributed by atoms with Gasteiger partial charge < -0.3 is 15.4 Å². The highest BCUT2D eigenvalue weighted by atomic mass is 16.5. The summed E-state index contributed by atoms with van der Waals surface area (Å²) in [5.41, 5.74) is 8.62. The minimum absolute atomic E-state index is 0.0185. The van der Waals surface area contributed by atoms with E-state index in [1.165, 1.54) is 0 Å². The summed E-state index contributed by atoms with van der Waals surface area (Å²) in [6.45, 7) is 4.58. The van der Waals surface area contributed by atoms with E-state index in [2.05, 4.69) is 11.8 Å². The zero-order valence-corrected chi connectivity index (χ0v) is 12.0. The third-order valence-electron chi connectivity index (χ3n) is 3.74. The molecule has 1 heterocycles. The molecule has 0 unspecified atom stereocenters. The van der Waals surface area contributed by atoms with Crippen LogP contribution in [0.3, 0.4) is 0 Å². The number of rotatable bonds is 3. The summed E-state index contributed by atoms with van der Waals surface area (Å²) in [5, 5.41) is 0. The quantitative estimate of drug-likeness (QED) is 0.694. The summed E-state index contributed by atoms with van der Waals surface area (Å²) in [4.78, 5) is 14.7. The Morgan fingerprint density at radius 2 is 1.90 bits per heavy atom. The van der Waals surface area contributed by atoms with Crippen LogP contribution in [0.5, 0.6) is 5.75 Å². The summed E-state index contributed by atoms with van der Waals surface area (Å²) >= 11 is 0. The van der Waals surface area contributed by atoms with Gasteiger partial charge in [0, 0.05) is 23.4 Å². The average molecular weight is 282 g/mol. The van der Waals surface area contributed by atoms with Crippen LogP contribution in [0.4, 0.5) is 11.4 Å². The van der Waals surface area contributed by atoms with Crippen molar-refractivity contribution in [2.75, 3.05) is 30.3 Å². The van der Waals surface area contributed by atoms with Crippen LogP contribution in [0.25, 0.3) is 0 Å². The second kappa shape index (κ2) is 5.48. The monoisotopic (exact) mass is 282 g/mol. The lowest BCUT2D eigenvalue weighted by atomic mass is 10.0. The molecule has 4 heteroatoms. The standard InChI is InChI=1S/C17H18N2O2/c1-2-19-9-10-21-16-11-13(5-8-15(16)19)17(20)12-3-6-14(18)7-4-12/h3-8,11H,2,9-10,18H2,1H3. The largest absolute Gasteiger partial charge is 0.490 e. The van der Waals surface area contributed by atoms with E-state index in [1.54, 1.807) is 24.3 Å². The Morgan fingerprint density at radius 3 is 2.62 bits per heavy atom. The summed E-state index contributed by atoms with van der Waals surface area (Å²) < 4.78 is 5.69. The molecular formula is C17H18N2O2. The number of likely N-dealkylation sites (N-methyl/N-ethyl adjacent to an activating group) is 1. The predicted octanol–water partition coefficient (Wildman–Crippen LogP) is 2.72. The van der Waals surface area contributed by atoms with Crippen LogP contribution >= 0.6 is 0 Å². The van der Waals surface area contributed by atoms with Crippen molar-refractivity contribution < 1.29 is 9.53 Å². The van der Waals surface area contributed by atoms with Crippen LogP contribution in [0.1, 0.15) is 22.8 Å². The van der Waals surface area contributed by atoms with E-state index in [0.29, 0.717) is 23.4 Å². The Labute approximate surface area is 124 Å². The SMILES string of the molecule is CCN1CCOc2cc(C(=O)c3ccc(N)cc3)ccc21. The van der Waals surface area contributed by atoms with E-state index in [0.717, 1.165) is 24.5 Å². The number of ether oxygens (including phenoxy) is 1. The lowest BCUT2D eigenvalue weighted by Crippen LogP contribution is -2.32. The van der Waals surface area contributed by atoms with E-state index in [4.69, 9.17) is 10.5 Å². The molecule has 2 aromatic rings. The Hall–Kier alpha value is -2.49. The maximum Gasteiger partial charge on any atom is 0.193 e. The minimum atomic E-state index is -0.0185. The lowest BCUT2D eigenvalue weighted by molar-refractivity contribution is 0.103. The molecule has 0 fully saturated rings. The van der Waals surface area contributed by atoms with Crippen LogP contribution in [-0.4, -0.2) is 25.5 Å². The van der Waals surface area contributed by atoms with Crippen LogP contribution in [0, 0.1) is 0 Å². The topological polar surface area (TPSA) is 55.6 Å². The normalized spacial score (nSPS) is 13.5. The van der Waals surface area contributed by atoms with Crippen molar-refractivity contribution in [2.45, 2.75) is 6.92 Å². The van der Waals surface area contributed by atoms with Crippen molar-refractivity contribution in [3.05, 3.63) is 53.6 Å². The highest BCUT2D eigenvalue weighted by Crippen LogP contribution is 2.32. The van der Waals surface area contributed by atoms with Gasteiger partial charge in [-0.15, -0.1) is 0 Å². The number of benzene rings is 2. The smallest absolute Gasteiger partial charge is 0.193 e. The fourth-order valence-corrected chi connectivity index (χ4v) is 2.55. The number of carbonyl (C=O) groups excluding carboxylic acids is 1. The second-order valence-corrected chi connectivity index (χ2v) is 5.06. The molecule has 3 rings (SSSR count). The maximum atomic E-state index is 12.5. The predicted molar refractivity (Wildman–Crippen MR) is 84.1 cm³/mol. The van der Waals surface area contributed by atoms with Crippen molar-refractivity contribution >= 4 is 17.2 Å². The molecule has 2 aromatic carbocycles. The fourth-order valence-electron chi connectivity index (χ4n) is 2.55.